The monoisotopic (exact) mass is 374 g/mol. The van der Waals surface area contributed by atoms with Gasteiger partial charge in [0.25, 0.3) is 0 Å². The molecular weight excluding hydrogens is 356 g/mol. The minimum Gasteiger partial charge on any atom is -0.508 e. The van der Waals surface area contributed by atoms with E-state index in [0.717, 1.165) is 5.56 Å². The number of hydrogen-bond acceptors (Lipinski definition) is 5. The number of methoxy groups -OCH3 is 1. The van der Waals surface area contributed by atoms with Crippen LogP contribution in [0.5, 0.6) is 23.0 Å². The Morgan fingerprint density at radius 3 is 2.43 bits per heavy atom. The molecule has 1 atom stereocenters. The Balaban J connectivity index is 1.84. The molecule has 0 amide bonds. The first-order chi connectivity index (χ1) is 13.5. The van der Waals surface area contributed by atoms with Gasteiger partial charge in [0.15, 0.2) is 11.9 Å². The summed E-state index contributed by atoms with van der Waals surface area (Å²) in [6, 6.07) is 18.4. The van der Waals surface area contributed by atoms with Gasteiger partial charge in [0.1, 0.15) is 23.0 Å². The molecular formula is C23H18O5. The fraction of sp³-hybridized carbons (Fsp3) is 0.0870. The number of carbonyl (C=O) groups is 1. The Bertz CT molecular complexity index is 1070. The van der Waals surface area contributed by atoms with Crippen LogP contribution in [0.4, 0.5) is 0 Å². The molecule has 0 bridgehead atoms. The van der Waals surface area contributed by atoms with E-state index in [0.29, 0.717) is 28.2 Å². The lowest BCUT2D eigenvalue weighted by Gasteiger charge is -2.28. The number of Topliss-reactive ketones (excluding diaryl/α,β-unsaturated/α-hetero) is 1. The van der Waals surface area contributed by atoms with E-state index in [-0.39, 0.29) is 17.3 Å². The predicted molar refractivity (Wildman–Crippen MR) is 105 cm³/mol. The summed E-state index contributed by atoms with van der Waals surface area (Å²) in [6.45, 7) is 0. The molecule has 0 aromatic heterocycles. The molecule has 3 aromatic carbocycles. The number of ether oxygens (including phenoxy) is 2. The highest BCUT2D eigenvalue weighted by Gasteiger charge is 2.33. The number of rotatable bonds is 3. The van der Waals surface area contributed by atoms with Crippen LogP contribution in [-0.2, 0) is 0 Å². The molecule has 0 radical (unpaired) electrons. The smallest absolute Gasteiger partial charge is 0.196 e. The van der Waals surface area contributed by atoms with Crippen LogP contribution in [-0.4, -0.2) is 23.1 Å². The van der Waals surface area contributed by atoms with E-state index < -0.39 is 6.10 Å². The molecule has 0 saturated heterocycles. The van der Waals surface area contributed by atoms with E-state index in [9.17, 15) is 15.0 Å². The molecule has 2 N–H and O–H groups in total. The molecule has 4 rings (SSSR count). The number of hydrogen-bond donors (Lipinski definition) is 2. The summed E-state index contributed by atoms with van der Waals surface area (Å²) in [4.78, 5) is 13.2. The van der Waals surface area contributed by atoms with Gasteiger partial charge in [-0.05, 0) is 54.1 Å². The maximum atomic E-state index is 13.2. The van der Waals surface area contributed by atoms with Crippen molar-refractivity contribution in [2.45, 2.75) is 6.10 Å². The van der Waals surface area contributed by atoms with Gasteiger partial charge in [-0.15, -0.1) is 0 Å². The topological polar surface area (TPSA) is 76.0 Å². The molecule has 1 heterocycles. The molecule has 0 saturated carbocycles. The minimum absolute atomic E-state index is 0.00435. The Labute approximate surface area is 162 Å². The maximum Gasteiger partial charge on any atom is 0.196 e. The number of carbonyl (C=O) groups excluding carboxylic acids is 1. The maximum absolute atomic E-state index is 13.2. The molecule has 0 fully saturated rings. The predicted octanol–water partition coefficient (Wildman–Crippen LogP) is 4.51. The molecule has 140 valence electrons. The molecule has 3 aromatic rings. The van der Waals surface area contributed by atoms with Gasteiger partial charge in [-0.2, -0.15) is 0 Å². The summed E-state index contributed by atoms with van der Waals surface area (Å²) in [7, 11) is 1.59. The lowest BCUT2D eigenvalue weighted by Crippen LogP contribution is -2.23. The first-order valence-electron chi connectivity index (χ1n) is 8.74. The van der Waals surface area contributed by atoms with Crippen molar-refractivity contribution in [3.8, 4) is 23.0 Å². The third-order valence-corrected chi connectivity index (χ3v) is 4.61. The van der Waals surface area contributed by atoms with Crippen LogP contribution in [0.25, 0.3) is 6.08 Å². The van der Waals surface area contributed by atoms with Crippen molar-refractivity contribution in [2.24, 2.45) is 0 Å². The van der Waals surface area contributed by atoms with Gasteiger partial charge >= 0.3 is 0 Å². The molecule has 1 aliphatic rings. The number of aromatic hydroxyl groups is 2. The van der Waals surface area contributed by atoms with Gasteiger partial charge in [0.2, 0.25) is 0 Å². The van der Waals surface area contributed by atoms with E-state index in [1.165, 1.54) is 12.1 Å². The van der Waals surface area contributed by atoms with Gasteiger partial charge in [-0.25, -0.2) is 0 Å². The van der Waals surface area contributed by atoms with Crippen molar-refractivity contribution in [3.05, 3.63) is 89.0 Å². The summed E-state index contributed by atoms with van der Waals surface area (Å²) >= 11 is 0. The van der Waals surface area contributed by atoms with Crippen LogP contribution in [0.1, 0.15) is 27.6 Å². The highest BCUT2D eigenvalue weighted by Crippen LogP contribution is 2.41. The van der Waals surface area contributed by atoms with E-state index in [1.807, 2.05) is 24.3 Å². The highest BCUT2D eigenvalue weighted by molar-refractivity contribution is 6.14. The van der Waals surface area contributed by atoms with E-state index >= 15 is 0 Å². The molecule has 0 aliphatic carbocycles. The second-order valence-corrected chi connectivity index (χ2v) is 6.48. The zero-order valence-corrected chi connectivity index (χ0v) is 15.1. The zero-order chi connectivity index (χ0) is 19.7. The first kappa shape index (κ1) is 17.7. The van der Waals surface area contributed by atoms with Gasteiger partial charge in [-0.1, -0.05) is 24.3 Å². The van der Waals surface area contributed by atoms with Gasteiger partial charge in [-0.3, -0.25) is 4.79 Å². The first-order valence-corrected chi connectivity index (χ1v) is 8.74. The highest BCUT2D eigenvalue weighted by atomic mass is 16.5. The number of benzene rings is 3. The third-order valence-electron chi connectivity index (χ3n) is 4.61. The average molecular weight is 374 g/mol. The number of ketones is 1. The van der Waals surface area contributed by atoms with Crippen LogP contribution < -0.4 is 9.47 Å². The summed E-state index contributed by atoms with van der Waals surface area (Å²) in [5.74, 6) is 0.960. The van der Waals surface area contributed by atoms with Crippen molar-refractivity contribution in [1.29, 1.82) is 0 Å². The van der Waals surface area contributed by atoms with E-state index in [4.69, 9.17) is 9.47 Å². The van der Waals surface area contributed by atoms with Gasteiger partial charge in [0.05, 0.1) is 12.7 Å². The molecule has 5 nitrogen and oxygen atoms in total. The van der Waals surface area contributed by atoms with Crippen molar-refractivity contribution in [1.82, 2.24) is 0 Å². The van der Waals surface area contributed by atoms with Gasteiger partial charge < -0.3 is 19.7 Å². The van der Waals surface area contributed by atoms with Crippen molar-refractivity contribution in [3.63, 3.8) is 0 Å². The summed E-state index contributed by atoms with van der Waals surface area (Å²) in [5.41, 5.74) is 2.18. The zero-order valence-electron chi connectivity index (χ0n) is 15.1. The van der Waals surface area contributed by atoms with E-state index in [2.05, 4.69) is 0 Å². The lowest BCUT2D eigenvalue weighted by atomic mass is 9.89. The fourth-order valence-corrected chi connectivity index (χ4v) is 3.22. The molecule has 0 spiro atoms. The number of phenolic OH excluding ortho intramolecular Hbond substituents is 2. The molecule has 28 heavy (non-hydrogen) atoms. The Kier molecular flexibility index (Phi) is 4.49. The van der Waals surface area contributed by atoms with Crippen LogP contribution in [0.3, 0.4) is 0 Å². The van der Waals surface area contributed by atoms with Crippen molar-refractivity contribution < 1.29 is 24.5 Å². The van der Waals surface area contributed by atoms with Gasteiger partial charge in [0, 0.05) is 11.1 Å². The SMILES string of the molecule is COc1ccc(C=C2C(=O)c3cc(O)ccc3OC2c2cccc(O)c2)cc1. The number of fused-ring (bicyclic) bond motifs is 1. The summed E-state index contributed by atoms with van der Waals surface area (Å²) < 4.78 is 11.3. The Morgan fingerprint density at radius 1 is 0.964 bits per heavy atom. The molecule has 1 unspecified atom stereocenters. The minimum atomic E-state index is -0.682. The normalized spacial score (nSPS) is 17.1. The number of phenols is 2. The second kappa shape index (κ2) is 7.12. The van der Waals surface area contributed by atoms with Crippen LogP contribution in [0, 0.1) is 0 Å². The van der Waals surface area contributed by atoms with Crippen LogP contribution in [0.2, 0.25) is 0 Å². The van der Waals surface area contributed by atoms with E-state index in [1.54, 1.807) is 43.5 Å². The molecule has 5 heteroatoms. The quantitative estimate of drug-likeness (QED) is 0.660. The Morgan fingerprint density at radius 2 is 1.71 bits per heavy atom. The summed E-state index contributed by atoms with van der Waals surface area (Å²) in [5, 5.41) is 19.7. The lowest BCUT2D eigenvalue weighted by molar-refractivity contribution is 0.0962. The van der Waals surface area contributed by atoms with Crippen LogP contribution in [0.15, 0.2) is 72.3 Å². The summed E-state index contributed by atoms with van der Waals surface area (Å²) in [6.07, 6.45) is 1.07. The third kappa shape index (κ3) is 3.30. The average Bonchev–Trinajstić information content (AvgIpc) is 2.71. The van der Waals surface area contributed by atoms with Crippen LogP contribution >= 0.6 is 0 Å². The largest absolute Gasteiger partial charge is 0.508 e. The van der Waals surface area contributed by atoms with Crippen molar-refractivity contribution >= 4 is 11.9 Å². The standard InChI is InChI=1S/C23H18O5/c1-27-18-8-5-14(6-9-18)11-20-22(26)19-13-17(25)7-10-21(19)28-23(20)15-3-2-4-16(24)12-15/h2-13,23-25H,1H3. The molecule has 1 aliphatic heterocycles. The van der Waals surface area contributed by atoms with Crippen molar-refractivity contribution in [2.75, 3.05) is 7.11 Å². The fourth-order valence-electron chi connectivity index (χ4n) is 3.22. The second-order valence-electron chi connectivity index (χ2n) is 6.48. The Hall–Kier alpha value is -3.73.